The number of carbonyl (C=O) groups excluding carboxylic acids is 1. The van der Waals surface area contributed by atoms with E-state index in [0.717, 1.165) is 30.4 Å². The molecule has 0 aromatic heterocycles. The molecule has 0 saturated heterocycles. The second-order valence-electron chi connectivity index (χ2n) is 6.14. The minimum absolute atomic E-state index is 0.000403. The van der Waals surface area contributed by atoms with Gasteiger partial charge in [0, 0.05) is 12.6 Å². The minimum Gasteiger partial charge on any atom is -0.396 e. The van der Waals surface area contributed by atoms with Crippen LogP contribution in [0.4, 0.5) is 4.79 Å². The van der Waals surface area contributed by atoms with Gasteiger partial charge >= 0.3 is 6.03 Å². The first-order valence-corrected chi connectivity index (χ1v) is 8.01. The van der Waals surface area contributed by atoms with Crippen molar-refractivity contribution in [3.63, 3.8) is 0 Å². The number of aliphatic hydroxyl groups excluding tert-OH is 1. The molecule has 0 bridgehead atoms. The Morgan fingerprint density at radius 3 is 2.95 bits per heavy atom. The van der Waals surface area contributed by atoms with Crippen LogP contribution in [0.5, 0.6) is 0 Å². The molecule has 1 aromatic rings. The summed E-state index contributed by atoms with van der Waals surface area (Å²) in [5.74, 6) is 0. The number of aryl methyl sites for hydroxylation is 1. The van der Waals surface area contributed by atoms with Crippen molar-refractivity contribution in [1.29, 1.82) is 0 Å². The van der Waals surface area contributed by atoms with Gasteiger partial charge in [-0.15, -0.1) is 0 Å². The van der Waals surface area contributed by atoms with Gasteiger partial charge in [0.2, 0.25) is 0 Å². The average Bonchev–Trinajstić information content (AvgIpc) is 2.52. The maximum atomic E-state index is 11.9. The number of urea groups is 1. The van der Waals surface area contributed by atoms with Crippen LogP contribution in [-0.4, -0.2) is 35.4 Å². The van der Waals surface area contributed by atoms with Gasteiger partial charge in [-0.3, -0.25) is 0 Å². The van der Waals surface area contributed by atoms with Crippen molar-refractivity contribution in [2.75, 3.05) is 13.2 Å². The van der Waals surface area contributed by atoms with Gasteiger partial charge in [0.1, 0.15) is 5.60 Å². The van der Waals surface area contributed by atoms with E-state index >= 15 is 0 Å². The van der Waals surface area contributed by atoms with Gasteiger partial charge in [-0.2, -0.15) is 0 Å². The number of rotatable bonds is 6. The monoisotopic (exact) mass is 306 g/mol. The predicted molar refractivity (Wildman–Crippen MR) is 85.6 cm³/mol. The molecule has 2 unspecified atom stereocenters. The Labute approximate surface area is 131 Å². The zero-order valence-corrected chi connectivity index (χ0v) is 13.1. The smallest absolute Gasteiger partial charge is 0.315 e. The van der Waals surface area contributed by atoms with E-state index in [2.05, 4.69) is 10.6 Å². The first-order chi connectivity index (χ1) is 10.5. The molecule has 2 amide bonds. The van der Waals surface area contributed by atoms with Crippen molar-refractivity contribution < 1.29 is 15.0 Å². The topological polar surface area (TPSA) is 81.6 Å². The second-order valence-corrected chi connectivity index (χ2v) is 6.14. The summed E-state index contributed by atoms with van der Waals surface area (Å²) in [6.07, 6.45) is 3.95. The highest BCUT2D eigenvalue weighted by Gasteiger charge is 2.34. The quantitative estimate of drug-likeness (QED) is 0.645. The zero-order valence-electron chi connectivity index (χ0n) is 13.1. The molecule has 5 nitrogen and oxygen atoms in total. The van der Waals surface area contributed by atoms with Crippen LogP contribution in [0, 0.1) is 0 Å². The Morgan fingerprint density at radius 1 is 1.41 bits per heavy atom. The lowest BCUT2D eigenvalue weighted by molar-refractivity contribution is 0.0216. The number of hydrogen-bond donors (Lipinski definition) is 4. The summed E-state index contributed by atoms with van der Waals surface area (Å²) in [6.45, 7) is 2.24. The first-order valence-electron chi connectivity index (χ1n) is 8.01. The highest BCUT2D eigenvalue weighted by molar-refractivity contribution is 5.74. The Bertz CT molecular complexity index is 506. The van der Waals surface area contributed by atoms with Crippen LogP contribution in [-0.2, 0) is 12.0 Å². The Morgan fingerprint density at radius 2 is 2.18 bits per heavy atom. The lowest BCUT2D eigenvalue weighted by atomic mass is 9.79. The molecule has 2 atom stereocenters. The van der Waals surface area contributed by atoms with E-state index in [1.54, 1.807) is 0 Å². The molecular weight excluding hydrogens is 280 g/mol. The molecule has 22 heavy (non-hydrogen) atoms. The molecule has 122 valence electrons. The third-order valence-electron chi connectivity index (χ3n) is 4.27. The fourth-order valence-electron chi connectivity index (χ4n) is 3.05. The lowest BCUT2D eigenvalue weighted by Gasteiger charge is -2.34. The van der Waals surface area contributed by atoms with Crippen molar-refractivity contribution in [2.24, 2.45) is 0 Å². The molecular formula is C17H26N2O3. The van der Waals surface area contributed by atoms with Crippen LogP contribution >= 0.6 is 0 Å². The first kappa shape index (κ1) is 16.8. The summed E-state index contributed by atoms with van der Waals surface area (Å²) in [5, 5.41) is 25.3. The summed E-state index contributed by atoms with van der Waals surface area (Å²) in [7, 11) is 0. The van der Waals surface area contributed by atoms with E-state index < -0.39 is 5.60 Å². The van der Waals surface area contributed by atoms with Crippen molar-refractivity contribution in [1.82, 2.24) is 10.6 Å². The fraction of sp³-hybridized carbons (Fsp3) is 0.588. The lowest BCUT2D eigenvalue weighted by Crippen LogP contribution is -2.48. The number of hydrogen-bond acceptors (Lipinski definition) is 3. The summed E-state index contributed by atoms with van der Waals surface area (Å²) >= 11 is 0. The van der Waals surface area contributed by atoms with Crippen molar-refractivity contribution in [3.05, 3.63) is 35.4 Å². The SMILES string of the molecule is CC(CCCO)NC(=O)NCC1(O)CCCc2ccccc21. The average molecular weight is 306 g/mol. The van der Waals surface area contributed by atoms with Crippen LogP contribution in [0.2, 0.25) is 0 Å². The van der Waals surface area contributed by atoms with Crippen LogP contribution in [0.25, 0.3) is 0 Å². The molecule has 0 aliphatic heterocycles. The van der Waals surface area contributed by atoms with Gasteiger partial charge in [0.15, 0.2) is 0 Å². The summed E-state index contributed by atoms with van der Waals surface area (Å²) < 4.78 is 0. The maximum absolute atomic E-state index is 11.9. The van der Waals surface area contributed by atoms with Crippen LogP contribution in [0.15, 0.2) is 24.3 Å². The number of amides is 2. The molecule has 2 rings (SSSR count). The molecule has 5 heteroatoms. The molecule has 0 radical (unpaired) electrons. The Balaban J connectivity index is 1.90. The van der Waals surface area contributed by atoms with E-state index in [1.807, 2.05) is 31.2 Å². The second kappa shape index (κ2) is 7.61. The zero-order chi connectivity index (χ0) is 16.0. The van der Waals surface area contributed by atoms with Gasteiger partial charge in [0.05, 0.1) is 6.54 Å². The van der Waals surface area contributed by atoms with Crippen LogP contribution in [0.1, 0.15) is 43.7 Å². The molecule has 1 aliphatic rings. The normalized spacial score (nSPS) is 21.8. The van der Waals surface area contributed by atoms with Crippen molar-refractivity contribution in [3.8, 4) is 0 Å². The molecule has 0 saturated carbocycles. The van der Waals surface area contributed by atoms with E-state index in [9.17, 15) is 9.90 Å². The molecule has 0 fully saturated rings. The predicted octanol–water partition coefficient (Wildman–Crippen LogP) is 1.67. The van der Waals surface area contributed by atoms with E-state index in [0.29, 0.717) is 12.8 Å². The molecule has 1 aromatic carbocycles. The molecule has 1 aliphatic carbocycles. The number of benzene rings is 1. The molecule has 0 spiro atoms. The van der Waals surface area contributed by atoms with Crippen molar-refractivity contribution >= 4 is 6.03 Å². The van der Waals surface area contributed by atoms with Crippen LogP contribution < -0.4 is 10.6 Å². The third kappa shape index (κ3) is 4.21. The van der Waals surface area contributed by atoms with Crippen LogP contribution in [0.3, 0.4) is 0 Å². The summed E-state index contributed by atoms with van der Waals surface area (Å²) in [4.78, 5) is 11.9. The van der Waals surface area contributed by atoms with E-state index in [1.165, 1.54) is 0 Å². The molecule has 0 heterocycles. The standard InChI is InChI=1S/C17H26N2O3/c1-13(6-5-11-20)19-16(21)18-12-17(22)10-4-8-14-7-2-3-9-15(14)17/h2-3,7,9,13,20,22H,4-6,8,10-12H2,1H3,(H2,18,19,21). The number of nitrogens with one attached hydrogen (secondary N) is 2. The highest BCUT2D eigenvalue weighted by Crippen LogP contribution is 2.34. The van der Waals surface area contributed by atoms with Gasteiger partial charge in [-0.05, 0) is 50.2 Å². The van der Waals surface area contributed by atoms with Gasteiger partial charge < -0.3 is 20.8 Å². The largest absolute Gasteiger partial charge is 0.396 e. The van der Waals surface area contributed by atoms with E-state index in [-0.39, 0.29) is 25.2 Å². The number of carbonyl (C=O) groups is 1. The Hall–Kier alpha value is -1.59. The third-order valence-corrected chi connectivity index (χ3v) is 4.27. The summed E-state index contributed by atoms with van der Waals surface area (Å²) in [5.41, 5.74) is 1.10. The van der Waals surface area contributed by atoms with Gasteiger partial charge in [0.25, 0.3) is 0 Å². The Kier molecular flexibility index (Phi) is 5.80. The summed E-state index contributed by atoms with van der Waals surface area (Å²) in [6, 6.07) is 7.61. The van der Waals surface area contributed by atoms with Crippen molar-refractivity contribution in [2.45, 2.75) is 50.7 Å². The van der Waals surface area contributed by atoms with Gasteiger partial charge in [-0.1, -0.05) is 24.3 Å². The number of aliphatic hydroxyl groups is 2. The molecule has 4 N–H and O–H groups in total. The highest BCUT2D eigenvalue weighted by atomic mass is 16.3. The minimum atomic E-state index is -0.986. The fourth-order valence-corrected chi connectivity index (χ4v) is 3.05. The van der Waals surface area contributed by atoms with Gasteiger partial charge in [-0.25, -0.2) is 4.79 Å². The maximum Gasteiger partial charge on any atom is 0.315 e. The van der Waals surface area contributed by atoms with E-state index in [4.69, 9.17) is 5.11 Å². The number of fused-ring (bicyclic) bond motifs is 1.